The number of aromatic nitrogens is 1. The number of amides is 7. The van der Waals surface area contributed by atoms with Crippen molar-refractivity contribution in [3.63, 3.8) is 0 Å². The van der Waals surface area contributed by atoms with Gasteiger partial charge in [-0.25, -0.2) is 0 Å². The largest absolute Gasteiger partial charge is 0.370 e. The Morgan fingerprint density at radius 1 is 0.717 bits per heavy atom. The molecule has 2 aliphatic rings. The van der Waals surface area contributed by atoms with Gasteiger partial charge in [0.1, 0.15) is 30.2 Å². The Bertz CT molecular complexity index is 2020. The molecule has 0 saturated carbocycles. The molecule has 1 aromatic heterocycles. The number of nitrogens with zero attached hydrogens (tertiary/aromatic N) is 2. The van der Waals surface area contributed by atoms with Crippen LogP contribution in [0.25, 0.3) is 10.9 Å². The zero-order valence-electron chi connectivity index (χ0n) is 33.8. The second-order valence-electron chi connectivity index (χ2n) is 15.3. The number of nitrogens with one attached hydrogen (secondary N) is 6. The first kappa shape index (κ1) is 44.6. The van der Waals surface area contributed by atoms with E-state index in [1.54, 1.807) is 30.5 Å². The standard InChI is InChI=1S/C42H57N11O7/c43-37(56)30-15-6-7-20-46-35(54)18-8-19-36(55)53-22-10-17-34(53)41(60)52-32(23-26-11-2-1-3-12-26)39(58)50-31(16-9-21-47-42(44)45)38(57)51-33(40(59)49-30)24-27-25-48-29-14-5-4-13-28(27)29/h1-5,11-14,25,30-34,48H,6-10,15-24H2,(H2,43,56)(H,46,54)(H,49,59)(H,50,58)(H,51,57)(H,52,60)(H4,44,45,47)/t30-,31-,32+,33-,34-/m0/s1. The van der Waals surface area contributed by atoms with Crippen LogP contribution in [0.4, 0.5) is 0 Å². The molecular weight excluding hydrogens is 771 g/mol. The number of fused-ring (bicyclic) bond motifs is 2. The molecule has 18 heteroatoms. The third kappa shape index (κ3) is 13.0. The minimum atomic E-state index is -1.23. The van der Waals surface area contributed by atoms with E-state index < -0.39 is 59.7 Å². The molecule has 5 rings (SSSR count). The number of H-pyrrole nitrogens is 1. The van der Waals surface area contributed by atoms with Gasteiger partial charge < -0.3 is 53.7 Å². The van der Waals surface area contributed by atoms with E-state index in [4.69, 9.17) is 17.2 Å². The summed E-state index contributed by atoms with van der Waals surface area (Å²) in [5.41, 5.74) is 19.1. The molecule has 2 saturated heterocycles. The second kappa shape index (κ2) is 22.1. The highest BCUT2D eigenvalue weighted by atomic mass is 16.2. The van der Waals surface area contributed by atoms with Crippen LogP contribution in [-0.4, -0.2) is 107 Å². The van der Waals surface area contributed by atoms with Crippen LogP contribution >= 0.6 is 0 Å². The first-order valence-electron chi connectivity index (χ1n) is 20.6. The molecule has 3 heterocycles. The fourth-order valence-electron chi connectivity index (χ4n) is 7.60. The van der Waals surface area contributed by atoms with Gasteiger partial charge in [-0.2, -0.15) is 0 Å². The summed E-state index contributed by atoms with van der Waals surface area (Å²) in [5, 5.41) is 14.8. The van der Waals surface area contributed by atoms with Crippen LogP contribution in [0.15, 0.2) is 65.8 Å². The topological polar surface area (TPSA) is 289 Å². The van der Waals surface area contributed by atoms with Crippen LogP contribution in [0.3, 0.4) is 0 Å². The Balaban J connectivity index is 1.47. The van der Waals surface area contributed by atoms with Crippen molar-refractivity contribution in [1.29, 1.82) is 0 Å². The number of hydrogen-bond donors (Lipinski definition) is 9. The number of carbonyl (C=O) groups is 7. The van der Waals surface area contributed by atoms with Gasteiger partial charge in [-0.15, -0.1) is 0 Å². The van der Waals surface area contributed by atoms with E-state index in [9.17, 15) is 33.6 Å². The number of guanidine groups is 1. The molecule has 0 aliphatic carbocycles. The fraction of sp³-hybridized carbons (Fsp3) is 0.476. The maximum atomic E-state index is 14.3. The van der Waals surface area contributed by atoms with Crippen LogP contribution in [0.1, 0.15) is 75.3 Å². The Morgan fingerprint density at radius 3 is 2.17 bits per heavy atom. The number of para-hydroxylation sites is 1. The molecule has 60 heavy (non-hydrogen) atoms. The summed E-state index contributed by atoms with van der Waals surface area (Å²) in [4.78, 5) is 104. The first-order chi connectivity index (χ1) is 28.9. The lowest BCUT2D eigenvalue weighted by Gasteiger charge is -2.28. The van der Waals surface area contributed by atoms with E-state index >= 15 is 0 Å². The van der Waals surface area contributed by atoms with E-state index in [1.807, 2.05) is 30.3 Å². The molecule has 2 fully saturated rings. The quantitative estimate of drug-likeness (QED) is 0.0790. The minimum Gasteiger partial charge on any atom is -0.370 e. The number of aromatic amines is 1. The number of nitrogens with two attached hydrogens (primary N) is 3. The molecule has 0 radical (unpaired) electrons. The predicted octanol–water partition coefficient (Wildman–Crippen LogP) is -0.107. The van der Waals surface area contributed by atoms with Crippen molar-refractivity contribution in [3.8, 4) is 0 Å². The van der Waals surface area contributed by atoms with Crippen LogP contribution in [0.5, 0.6) is 0 Å². The van der Waals surface area contributed by atoms with Gasteiger partial charge in [0.25, 0.3) is 0 Å². The molecule has 322 valence electrons. The highest BCUT2D eigenvalue weighted by Gasteiger charge is 2.37. The lowest BCUT2D eigenvalue weighted by atomic mass is 10.0. The molecule has 5 atom stereocenters. The first-order valence-corrected chi connectivity index (χ1v) is 20.6. The normalized spacial score (nSPS) is 23.3. The summed E-state index contributed by atoms with van der Waals surface area (Å²) in [5.74, 6) is -3.99. The highest BCUT2D eigenvalue weighted by molar-refractivity contribution is 5.97. The number of benzene rings is 2. The third-order valence-corrected chi connectivity index (χ3v) is 10.8. The molecule has 0 unspecified atom stereocenters. The van der Waals surface area contributed by atoms with Crippen molar-refractivity contribution < 1.29 is 33.6 Å². The van der Waals surface area contributed by atoms with Gasteiger partial charge in [0.15, 0.2) is 5.96 Å². The van der Waals surface area contributed by atoms with Gasteiger partial charge in [0.2, 0.25) is 41.4 Å². The highest BCUT2D eigenvalue weighted by Crippen LogP contribution is 2.21. The molecule has 3 aromatic rings. The summed E-state index contributed by atoms with van der Waals surface area (Å²) in [6.07, 6.45) is 4.62. The Labute approximate surface area is 348 Å². The lowest BCUT2D eigenvalue weighted by Crippen LogP contribution is -2.59. The molecule has 0 bridgehead atoms. The fourth-order valence-corrected chi connectivity index (χ4v) is 7.60. The summed E-state index contributed by atoms with van der Waals surface area (Å²) < 4.78 is 0. The summed E-state index contributed by atoms with van der Waals surface area (Å²) >= 11 is 0. The monoisotopic (exact) mass is 827 g/mol. The smallest absolute Gasteiger partial charge is 0.243 e. The van der Waals surface area contributed by atoms with Crippen molar-refractivity contribution in [2.45, 2.75) is 107 Å². The van der Waals surface area contributed by atoms with Crippen molar-refractivity contribution in [2.75, 3.05) is 19.6 Å². The Kier molecular flexibility index (Phi) is 16.4. The minimum absolute atomic E-state index is 0.0110. The molecule has 0 spiro atoms. The van der Waals surface area contributed by atoms with E-state index in [-0.39, 0.29) is 75.7 Å². The van der Waals surface area contributed by atoms with E-state index in [1.165, 1.54) is 4.90 Å². The van der Waals surface area contributed by atoms with Crippen molar-refractivity contribution in [2.24, 2.45) is 22.2 Å². The zero-order chi connectivity index (χ0) is 43.0. The molecule has 2 aliphatic heterocycles. The Morgan fingerprint density at radius 2 is 1.40 bits per heavy atom. The predicted molar refractivity (Wildman–Crippen MR) is 224 cm³/mol. The van der Waals surface area contributed by atoms with Crippen molar-refractivity contribution in [3.05, 3.63) is 71.9 Å². The summed E-state index contributed by atoms with van der Waals surface area (Å²) in [6.45, 7) is 0.803. The SMILES string of the molecule is NC(=O)[C@@H]1CCCCNC(=O)CCCC(=O)N2CCC[C@H]2C(=O)N[C@H](Cc2ccccc2)C(=O)N[C@@H](CCCN=C(N)N)C(=O)N[C@@H](Cc2c[nH]c3ccccc23)C(=O)N1. The number of primary amides is 1. The summed E-state index contributed by atoms with van der Waals surface area (Å²) in [6, 6.07) is 11.0. The zero-order valence-corrected chi connectivity index (χ0v) is 33.8. The van der Waals surface area contributed by atoms with Gasteiger partial charge in [-0.1, -0.05) is 48.5 Å². The van der Waals surface area contributed by atoms with Gasteiger partial charge >= 0.3 is 0 Å². The van der Waals surface area contributed by atoms with E-state index in [0.29, 0.717) is 44.3 Å². The van der Waals surface area contributed by atoms with Crippen molar-refractivity contribution >= 4 is 58.2 Å². The second-order valence-corrected chi connectivity index (χ2v) is 15.3. The molecule has 2 aromatic carbocycles. The molecule has 7 amide bonds. The average Bonchev–Trinajstić information content (AvgIpc) is 3.89. The van der Waals surface area contributed by atoms with Gasteiger partial charge in [0.05, 0.1) is 0 Å². The average molecular weight is 828 g/mol. The number of hydrogen-bond acceptors (Lipinski definition) is 8. The van der Waals surface area contributed by atoms with Gasteiger partial charge in [0, 0.05) is 62.4 Å². The molecule has 12 N–H and O–H groups in total. The molecular formula is C42H57N11O7. The van der Waals surface area contributed by atoms with Gasteiger partial charge in [-0.3, -0.25) is 38.6 Å². The lowest BCUT2D eigenvalue weighted by molar-refractivity contribution is -0.140. The Hall–Kier alpha value is -6.46. The molecule has 18 nitrogen and oxygen atoms in total. The van der Waals surface area contributed by atoms with Crippen LogP contribution in [-0.2, 0) is 46.4 Å². The van der Waals surface area contributed by atoms with Crippen LogP contribution in [0, 0.1) is 0 Å². The maximum Gasteiger partial charge on any atom is 0.243 e. The summed E-state index contributed by atoms with van der Waals surface area (Å²) in [7, 11) is 0. The maximum absolute atomic E-state index is 14.3. The number of carbonyl (C=O) groups excluding carboxylic acids is 7. The third-order valence-electron chi connectivity index (χ3n) is 10.8. The van der Waals surface area contributed by atoms with Crippen LogP contribution < -0.4 is 43.8 Å². The van der Waals surface area contributed by atoms with Crippen molar-refractivity contribution in [1.82, 2.24) is 36.5 Å². The van der Waals surface area contributed by atoms with Gasteiger partial charge in [-0.05, 0) is 68.6 Å². The van der Waals surface area contributed by atoms with Crippen LogP contribution in [0.2, 0.25) is 0 Å². The van der Waals surface area contributed by atoms with E-state index in [0.717, 1.165) is 16.5 Å². The number of rotatable bonds is 9. The number of aliphatic imine (C=N–C) groups is 1. The van der Waals surface area contributed by atoms with E-state index in [2.05, 4.69) is 36.6 Å².